The molecule has 0 atom stereocenters. The van der Waals surface area contributed by atoms with Crippen molar-refractivity contribution in [3.05, 3.63) is 58.1 Å². The van der Waals surface area contributed by atoms with E-state index in [-0.39, 0.29) is 21.7 Å². The Kier molecular flexibility index (Phi) is 6.95. The number of sulfonamides is 1. The highest BCUT2D eigenvalue weighted by atomic mass is 35.5. The fourth-order valence-corrected chi connectivity index (χ4v) is 5.24. The van der Waals surface area contributed by atoms with Gasteiger partial charge in [0, 0.05) is 17.2 Å². The second kappa shape index (κ2) is 9.29. The molecule has 1 aliphatic rings. The van der Waals surface area contributed by atoms with Gasteiger partial charge < -0.3 is 10.6 Å². The van der Waals surface area contributed by atoms with Crippen LogP contribution in [-0.2, 0) is 10.0 Å². The Morgan fingerprint density at radius 2 is 1.80 bits per heavy atom. The van der Waals surface area contributed by atoms with E-state index in [0.717, 1.165) is 31.5 Å². The Hall–Kier alpha value is -2.22. The molecule has 3 rings (SSSR count). The molecule has 6 nitrogen and oxygen atoms in total. The molecule has 1 aliphatic heterocycles. The predicted octanol–water partition coefficient (Wildman–Crippen LogP) is 4.36. The van der Waals surface area contributed by atoms with Crippen LogP contribution < -0.4 is 10.6 Å². The topological polar surface area (TPSA) is 87.6 Å². The zero-order valence-electron chi connectivity index (χ0n) is 17.3. The maximum Gasteiger partial charge on any atom is 0.282 e. The Morgan fingerprint density at radius 1 is 1.13 bits per heavy atom. The number of nitrogens with one attached hydrogen (secondary N) is 2. The zero-order chi connectivity index (χ0) is 21.9. The van der Waals surface area contributed by atoms with E-state index in [9.17, 15) is 13.2 Å². The van der Waals surface area contributed by atoms with Crippen molar-refractivity contribution in [1.82, 2.24) is 5.32 Å². The van der Waals surface area contributed by atoms with Gasteiger partial charge in [-0.25, -0.2) is 0 Å². The lowest BCUT2D eigenvalue weighted by Crippen LogP contribution is -2.31. The molecule has 30 heavy (non-hydrogen) atoms. The second-order valence-corrected chi connectivity index (χ2v) is 9.50. The number of nitrogens with zero attached hydrogens (tertiary/aromatic N) is 1. The molecule has 1 saturated heterocycles. The van der Waals surface area contributed by atoms with Crippen LogP contribution in [0.3, 0.4) is 0 Å². The van der Waals surface area contributed by atoms with Gasteiger partial charge in [-0.15, -0.1) is 0 Å². The van der Waals surface area contributed by atoms with Crippen LogP contribution in [0.1, 0.15) is 41.3 Å². The average molecular weight is 448 g/mol. The zero-order valence-corrected chi connectivity index (χ0v) is 18.9. The molecule has 0 aromatic heterocycles. The molecule has 8 heteroatoms. The van der Waals surface area contributed by atoms with Crippen molar-refractivity contribution in [2.45, 2.75) is 38.5 Å². The molecule has 1 amide bonds. The van der Waals surface area contributed by atoms with E-state index in [1.54, 1.807) is 26.0 Å². The summed E-state index contributed by atoms with van der Waals surface area (Å²) >= 11 is 6.43. The Labute approximate surface area is 182 Å². The van der Waals surface area contributed by atoms with Crippen LogP contribution in [-0.4, -0.2) is 33.1 Å². The van der Waals surface area contributed by atoms with Crippen molar-refractivity contribution in [2.75, 3.05) is 18.4 Å². The molecule has 2 N–H and O–H groups in total. The van der Waals surface area contributed by atoms with Gasteiger partial charge in [0.05, 0.1) is 15.6 Å². The number of piperidine rings is 1. The average Bonchev–Trinajstić information content (AvgIpc) is 2.72. The van der Waals surface area contributed by atoms with Crippen LogP contribution >= 0.6 is 11.6 Å². The van der Waals surface area contributed by atoms with Crippen molar-refractivity contribution in [3.63, 3.8) is 0 Å². The number of amides is 1. The van der Waals surface area contributed by atoms with E-state index < -0.39 is 10.0 Å². The van der Waals surface area contributed by atoms with E-state index in [4.69, 9.17) is 11.6 Å². The molecule has 0 unspecified atom stereocenters. The number of hydrogen-bond donors (Lipinski definition) is 2. The lowest BCUT2D eigenvalue weighted by molar-refractivity contribution is 0.102. The van der Waals surface area contributed by atoms with E-state index >= 15 is 0 Å². The van der Waals surface area contributed by atoms with Crippen molar-refractivity contribution >= 4 is 38.9 Å². The fraction of sp³-hybridized carbons (Fsp3) is 0.364. The summed E-state index contributed by atoms with van der Waals surface area (Å²) in [5, 5.41) is 6.22. The second-order valence-electron chi connectivity index (χ2n) is 7.55. The first kappa shape index (κ1) is 22.5. The van der Waals surface area contributed by atoms with Gasteiger partial charge in [0.1, 0.15) is 0 Å². The van der Waals surface area contributed by atoms with E-state index in [1.807, 2.05) is 19.1 Å². The first-order valence-corrected chi connectivity index (χ1v) is 11.7. The number of rotatable bonds is 5. The minimum atomic E-state index is -3.90. The molecular formula is C22H26ClN3O3S. The van der Waals surface area contributed by atoms with E-state index in [1.165, 1.54) is 12.1 Å². The van der Waals surface area contributed by atoms with Gasteiger partial charge in [-0.3, -0.25) is 4.79 Å². The van der Waals surface area contributed by atoms with Crippen LogP contribution in [0, 0.1) is 19.8 Å². The molecule has 2 aromatic carbocycles. The Morgan fingerprint density at radius 3 is 2.47 bits per heavy atom. The summed E-state index contributed by atoms with van der Waals surface area (Å²) < 4.78 is 29.9. The summed E-state index contributed by atoms with van der Waals surface area (Å²) in [6.45, 7) is 6.95. The highest BCUT2D eigenvalue weighted by molar-refractivity contribution is 7.90. The number of aryl methyl sites for hydroxylation is 1. The predicted molar refractivity (Wildman–Crippen MR) is 121 cm³/mol. The molecule has 1 heterocycles. The number of benzene rings is 2. The number of carbonyl (C=O) groups excluding carboxylic acids is 1. The molecular weight excluding hydrogens is 422 g/mol. The van der Waals surface area contributed by atoms with Gasteiger partial charge in [-0.2, -0.15) is 12.8 Å². The van der Waals surface area contributed by atoms with Crippen LogP contribution in [0.4, 0.5) is 5.69 Å². The highest BCUT2D eigenvalue weighted by Crippen LogP contribution is 2.32. The van der Waals surface area contributed by atoms with Crippen molar-refractivity contribution < 1.29 is 13.2 Å². The van der Waals surface area contributed by atoms with Gasteiger partial charge >= 0.3 is 0 Å². The normalized spacial score (nSPS) is 15.8. The molecule has 1 fully saturated rings. The first-order valence-electron chi connectivity index (χ1n) is 9.89. The highest BCUT2D eigenvalue weighted by Gasteiger charge is 2.23. The lowest BCUT2D eigenvalue weighted by atomic mass is 9.94. The third-order valence-corrected chi connectivity index (χ3v) is 7.46. The lowest BCUT2D eigenvalue weighted by Gasteiger charge is -2.22. The molecule has 0 bridgehead atoms. The number of halogens is 1. The maximum absolute atomic E-state index is 12.9. The largest absolute Gasteiger partial charge is 0.321 e. The third kappa shape index (κ3) is 4.91. The standard InChI is InChI=1S/C22H26ClN3O3S/c1-14-6-4-5-7-18(14)22(27)25-19-8-9-20(15(2)21(19)23)30(28,29)26-16(3)17-10-12-24-13-11-17/h4-9,17,24H,10-13H2,1-3H3,(H,25,27)/b26-16-. The fourth-order valence-electron chi connectivity index (χ4n) is 3.61. The summed E-state index contributed by atoms with van der Waals surface area (Å²) in [6.07, 6.45) is 1.74. The molecule has 0 radical (unpaired) electrons. The van der Waals surface area contributed by atoms with E-state index in [0.29, 0.717) is 22.5 Å². The molecule has 160 valence electrons. The van der Waals surface area contributed by atoms with Crippen LogP contribution in [0.2, 0.25) is 5.02 Å². The molecule has 0 aliphatic carbocycles. The Bertz CT molecular complexity index is 1090. The van der Waals surface area contributed by atoms with E-state index in [2.05, 4.69) is 15.0 Å². The van der Waals surface area contributed by atoms with Crippen molar-refractivity contribution in [1.29, 1.82) is 0 Å². The maximum atomic E-state index is 12.9. The summed E-state index contributed by atoms with van der Waals surface area (Å²) in [5.74, 6) is -0.144. The number of carbonyl (C=O) groups is 1. The summed E-state index contributed by atoms with van der Waals surface area (Å²) in [6, 6.07) is 10.2. The van der Waals surface area contributed by atoms with Crippen LogP contribution in [0.25, 0.3) is 0 Å². The van der Waals surface area contributed by atoms with Gasteiger partial charge in [0.15, 0.2) is 0 Å². The van der Waals surface area contributed by atoms with Crippen molar-refractivity contribution in [2.24, 2.45) is 10.3 Å². The Balaban J connectivity index is 1.87. The third-order valence-electron chi connectivity index (χ3n) is 5.45. The quantitative estimate of drug-likeness (QED) is 0.666. The monoisotopic (exact) mass is 447 g/mol. The van der Waals surface area contributed by atoms with Crippen LogP contribution in [0.15, 0.2) is 45.7 Å². The molecule has 0 spiro atoms. The summed E-state index contributed by atoms with van der Waals surface area (Å²) in [4.78, 5) is 12.6. The molecule has 0 saturated carbocycles. The van der Waals surface area contributed by atoms with Gasteiger partial charge in [-0.1, -0.05) is 29.8 Å². The minimum absolute atomic E-state index is 0.0506. The van der Waals surface area contributed by atoms with Crippen molar-refractivity contribution in [3.8, 4) is 0 Å². The first-order chi connectivity index (χ1) is 14.2. The smallest absolute Gasteiger partial charge is 0.282 e. The SMILES string of the molecule is C/C(=N/S(=O)(=O)c1ccc(NC(=O)c2ccccc2C)c(Cl)c1C)C1CCNCC1. The van der Waals surface area contributed by atoms with Crippen LogP contribution in [0.5, 0.6) is 0 Å². The number of hydrogen-bond acceptors (Lipinski definition) is 4. The van der Waals surface area contributed by atoms with Gasteiger partial charge in [-0.05, 0) is 76.0 Å². The summed E-state index contributed by atoms with van der Waals surface area (Å²) in [5.41, 5.74) is 2.71. The molecule has 2 aromatic rings. The number of anilines is 1. The van der Waals surface area contributed by atoms with Gasteiger partial charge in [0.25, 0.3) is 15.9 Å². The van der Waals surface area contributed by atoms with Gasteiger partial charge in [0.2, 0.25) is 0 Å². The summed E-state index contributed by atoms with van der Waals surface area (Å²) in [7, 11) is -3.90. The minimum Gasteiger partial charge on any atom is -0.321 e.